The van der Waals surface area contributed by atoms with Crippen LogP contribution in [0.25, 0.3) is 0 Å². The van der Waals surface area contributed by atoms with Gasteiger partial charge in [-0.15, -0.1) is 0 Å². The molecule has 1 aliphatic carbocycles. The molecule has 5 heteroatoms. The van der Waals surface area contributed by atoms with Gasteiger partial charge in [0, 0.05) is 6.42 Å². The summed E-state index contributed by atoms with van der Waals surface area (Å²) in [6.45, 7) is 3.63. The van der Waals surface area contributed by atoms with Gasteiger partial charge >= 0.3 is 0 Å². The van der Waals surface area contributed by atoms with Gasteiger partial charge in [0.1, 0.15) is 5.54 Å². The van der Waals surface area contributed by atoms with Crippen LogP contribution in [0, 0.1) is 5.41 Å². The van der Waals surface area contributed by atoms with E-state index < -0.39 is 11.0 Å². The van der Waals surface area contributed by atoms with Crippen molar-refractivity contribution >= 4 is 29.0 Å². The molecule has 2 aliphatic rings. The van der Waals surface area contributed by atoms with Crippen LogP contribution >= 0.6 is 12.2 Å². The third-order valence-corrected chi connectivity index (χ3v) is 4.82. The third kappa shape index (κ3) is 2.29. The first-order valence-corrected chi connectivity index (χ1v) is 7.39. The zero-order valence-corrected chi connectivity index (χ0v) is 12.5. The highest BCUT2D eigenvalue weighted by atomic mass is 32.1. The van der Waals surface area contributed by atoms with Crippen molar-refractivity contribution in [2.45, 2.75) is 64.3 Å². The fourth-order valence-electron chi connectivity index (χ4n) is 3.28. The minimum absolute atomic E-state index is 0.118. The van der Waals surface area contributed by atoms with Crippen molar-refractivity contribution in [3.63, 3.8) is 0 Å². The molecule has 0 unspecified atom stereocenters. The molecule has 0 aromatic carbocycles. The lowest BCUT2D eigenvalue weighted by Crippen LogP contribution is -2.59. The van der Waals surface area contributed by atoms with Gasteiger partial charge in [0.05, 0.1) is 10.4 Å². The second-order valence-corrected chi connectivity index (χ2v) is 6.84. The zero-order chi connectivity index (χ0) is 14.3. The number of imide groups is 1. The van der Waals surface area contributed by atoms with E-state index in [1.807, 2.05) is 13.8 Å². The molecule has 19 heavy (non-hydrogen) atoms. The average molecular weight is 282 g/mol. The van der Waals surface area contributed by atoms with E-state index in [9.17, 15) is 9.59 Å². The zero-order valence-electron chi connectivity index (χ0n) is 11.7. The second kappa shape index (κ2) is 4.85. The van der Waals surface area contributed by atoms with Crippen LogP contribution < -0.4 is 5.73 Å². The highest BCUT2D eigenvalue weighted by Gasteiger charge is 2.54. The van der Waals surface area contributed by atoms with E-state index in [4.69, 9.17) is 18.0 Å². The number of likely N-dealkylation sites (tertiary alicyclic amines) is 1. The number of carbonyl (C=O) groups is 2. The minimum atomic E-state index is -0.715. The Morgan fingerprint density at radius 3 is 2.05 bits per heavy atom. The summed E-state index contributed by atoms with van der Waals surface area (Å²) in [6, 6.07) is 0. The Balaban J connectivity index is 2.42. The first kappa shape index (κ1) is 14.4. The number of hydrogen-bond acceptors (Lipinski definition) is 3. The second-order valence-electron chi connectivity index (χ2n) is 6.41. The Kier molecular flexibility index (Phi) is 3.69. The highest BCUT2D eigenvalue weighted by Crippen LogP contribution is 2.41. The topological polar surface area (TPSA) is 63.4 Å². The number of amides is 2. The molecule has 1 saturated carbocycles. The predicted molar refractivity (Wildman–Crippen MR) is 77.5 cm³/mol. The van der Waals surface area contributed by atoms with Crippen molar-refractivity contribution in [2.24, 2.45) is 11.1 Å². The normalized spacial score (nSPS) is 26.3. The molecule has 0 bridgehead atoms. The maximum atomic E-state index is 12.5. The molecular formula is C14H22N2O2S. The van der Waals surface area contributed by atoms with E-state index in [-0.39, 0.29) is 18.2 Å². The Hall–Kier alpha value is -0.970. The monoisotopic (exact) mass is 282 g/mol. The molecule has 1 heterocycles. The first-order valence-electron chi connectivity index (χ1n) is 6.99. The molecule has 2 amide bonds. The number of rotatable bonds is 2. The third-order valence-electron chi connectivity index (χ3n) is 4.44. The largest absolute Gasteiger partial charge is 0.391 e. The van der Waals surface area contributed by atoms with Crippen molar-refractivity contribution in [1.29, 1.82) is 0 Å². The molecule has 0 aromatic heterocycles. The van der Waals surface area contributed by atoms with Gasteiger partial charge in [-0.05, 0) is 12.8 Å². The number of thiocarbonyl (C=S) groups is 1. The van der Waals surface area contributed by atoms with Gasteiger partial charge in [0.2, 0.25) is 11.8 Å². The molecule has 1 aliphatic heterocycles. The quantitative estimate of drug-likeness (QED) is 0.479. The summed E-state index contributed by atoms with van der Waals surface area (Å²) in [4.78, 5) is 26.6. The number of hydrogen-bond donors (Lipinski definition) is 1. The van der Waals surface area contributed by atoms with Crippen LogP contribution in [0.1, 0.15) is 58.8 Å². The summed E-state index contributed by atoms with van der Waals surface area (Å²) in [6.07, 6.45) is 5.86. The van der Waals surface area contributed by atoms with Crippen LogP contribution in [-0.2, 0) is 9.59 Å². The van der Waals surface area contributed by atoms with E-state index in [1.54, 1.807) is 0 Å². The Morgan fingerprint density at radius 1 is 1.16 bits per heavy atom. The molecular weight excluding hydrogens is 260 g/mol. The molecule has 2 rings (SSSR count). The van der Waals surface area contributed by atoms with Gasteiger partial charge in [-0.1, -0.05) is 51.7 Å². The van der Waals surface area contributed by atoms with Crippen molar-refractivity contribution in [3.8, 4) is 0 Å². The van der Waals surface area contributed by atoms with Gasteiger partial charge in [-0.2, -0.15) is 0 Å². The van der Waals surface area contributed by atoms with Gasteiger partial charge in [0.25, 0.3) is 0 Å². The summed E-state index contributed by atoms with van der Waals surface area (Å²) in [5.74, 6) is -0.239. The van der Waals surface area contributed by atoms with E-state index in [0.29, 0.717) is 4.99 Å². The van der Waals surface area contributed by atoms with Crippen molar-refractivity contribution in [2.75, 3.05) is 0 Å². The SMILES string of the molecule is CC1(C)CC(=O)N(C2(C(N)=S)CCCCCC2)C1=O. The van der Waals surface area contributed by atoms with Gasteiger partial charge in [-0.3, -0.25) is 14.5 Å². The van der Waals surface area contributed by atoms with Crippen molar-refractivity contribution in [3.05, 3.63) is 0 Å². The summed E-state index contributed by atoms with van der Waals surface area (Å²) in [7, 11) is 0. The molecule has 106 valence electrons. The van der Waals surface area contributed by atoms with Crippen LogP contribution in [0.2, 0.25) is 0 Å². The predicted octanol–water partition coefficient (Wildman–Crippen LogP) is 2.15. The summed E-state index contributed by atoms with van der Waals surface area (Å²) < 4.78 is 0. The highest BCUT2D eigenvalue weighted by molar-refractivity contribution is 7.80. The van der Waals surface area contributed by atoms with Crippen LogP contribution in [0.5, 0.6) is 0 Å². The Morgan fingerprint density at radius 2 is 1.68 bits per heavy atom. The number of nitrogens with zero attached hydrogens (tertiary/aromatic N) is 1. The first-order chi connectivity index (χ1) is 8.81. The Bertz CT molecular complexity index is 423. The van der Waals surface area contributed by atoms with Crippen LogP contribution in [-0.4, -0.2) is 27.2 Å². The molecule has 4 nitrogen and oxygen atoms in total. The average Bonchev–Trinajstić information content (AvgIpc) is 2.50. The Labute approximate surface area is 119 Å². The van der Waals surface area contributed by atoms with E-state index in [0.717, 1.165) is 38.5 Å². The van der Waals surface area contributed by atoms with Gasteiger partial charge in [0.15, 0.2) is 0 Å². The summed E-state index contributed by atoms with van der Waals surface area (Å²) >= 11 is 5.24. The van der Waals surface area contributed by atoms with Crippen LogP contribution in [0.4, 0.5) is 0 Å². The fraction of sp³-hybridized carbons (Fsp3) is 0.786. The van der Waals surface area contributed by atoms with E-state index in [1.165, 1.54) is 4.90 Å². The summed E-state index contributed by atoms with van der Waals surface area (Å²) in [5.41, 5.74) is 4.61. The van der Waals surface area contributed by atoms with Gasteiger partial charge < -0.3 is 5.73 Å². The van der Waals surface area contributed by atoms with Crippen molar-refractivity contribution < 1.29 is 9.59 Å². The lowest BCUT2D eigenvalue weighted by atomic mass is 9.87. The molecule has 2 fully saturated rings. The molecule has 1 saturated heterocycles. The maximum absolute atomic E-state index is 12.5. The molecule has 0 aromatic rings. The van der Waals surface area contributed by atoms with E-state index >= 15 is 0 Å². The standard InChI is InChI=1S/C14H22N2O2S/c1-13(2)9-10(17)16(12(13)18)14(11(15)19)7-5-3-4-6-8-14/h3-9H2,1-2H3,(H2,15,19). The van der Waals surface area contributed by atoms with Gasteiger partial charge in [-0.25, -0.2) is 0 Å². The van der Waals surface area contributed by atoms with E-state index in [2.05, 4.69) is 0 Å². The van der Waals surface area contributed by atoms with Crippen molar-refractivity contribution in [1.82, 2.24) is 4.90 Å². The molecule has 2 N–H and O–H groups in total. The smallest absolute Gasteiger partial charge is 0.236 e. The van der Waals surface area contributed by atoms with Crippen LogP contribution in [0.15, 0.2) is 0 Å². The molecule has 0 atom stereocenters. The summed E-state index contributed by atoms with van der Waals surface area (Å²) in [5, 5.41) is 0. The molecule has 0 radical (unpaired) electrons. The number of carbonyl (C=O) groups excluding carboxylic acids is 2. The number of nitrogens with two attached hydrogens (primary N) is 1. The fourth-order valence-corrected chi connectivity index (χ4v) is 3.57. The lowest BCUT2D eigenvalue weighted by Gasteiger charge is -2.40. The minimum Gasteiger partial charge on any atom is -0.391 e. The van der Waals surface area contributed by atoms with Crippen LogP contribution in [0.3, 0.4) is 0 Å². The maximum Gasteiger partial charge on any atom is 0.236 e. The molecule has 0 spiro atoms. The lowest BCUT2D eigenvalue weighted by molar-refractivity contribution is -0.146.